The lowest BCUT2D eigenvalue weighted by Gasteiger charge is -2.41. The number of carbonyl (C=O) groups excluding carboxylic acids is 1. The normalized spacial score (nSPS) is 38.7. The minimum atomic E-state index is -1.47. The topological polar surface area (TPSA) is 187 Å². The molecule has 1 aromatic rings. The van der Waals surface area contributed by atoms with Gasteiger partial charge >= 0.3 is 0 Å². The highest BCUT2D eigenvalue weighted by Gasteiger charge is 2.53. The first-order valence-electron chi connectivity index (χ1n) is 10.4. The molecule has 182 valence electrons. The number of ether oxygens (including phenoxy) is 4. The van der Waals surface area contributed by atoms with Gasteiger partial charge in [-0.2, -0.15) is 0 Å². The summed E-state index contributed by atoms with van der Waals surface area (Å²) in [6.45, 7) is 1.27. The number of aliphatic hydroxyl groups is 5. The molecule has 3 fully saturated rings. The molecule has 0 bridgehead atoms. The van der Waals surface area contributed by atoms with E-state index in [0.29, 0.717) is 5.56 Å². The number of aromatic hydroxyl groups is 1. The van der Waals surface area contributed by atoms with Crippen LogP contribution in [0.2, 0.25) is 0 Å². The number of rotatable bonds is 5. The molecule has 2 aliphatic heterocycles. The molecule has 3 aliphatic rings. The van der Waals surface area contributed by atoms with E-state index in [4.69, 9.17) is 18.9 Å². The van der Waals surface area contributed by atoms with E-state index in [1.807, 2.05) is 0 Å². The minimum Gasteiger partial charge on any atom is -0.504 e. The Labute approximate surface area is 188 Å². The highest BCUT2D eigenvalue weighted by molar-refractivity contribution is 5.97. The molecule has 1 amide bonds. The van der Waals surface area contributed by atoms with Crippen LogP contribution in [0.3, 0.4) is 0 Å². The molecule has 1 saturated carbocycles. The molecule has 4 rings (SSSR count). The molecule has 12 nitrogen and oxygen atoms in total. The summed E-state index contributed by atoms with van der Waals surface area (Å²) >= 11 is 0. The quantitative estimate of drug-likeness (QED) is 0.227. The van der Waals surface area contributed by atoms with Crippen molar-refractivity contribution in [2.45, 2.75) is 62.0 Å². The van der Waals surface area contributed by atoms with E-state index < -0.39 is 61.0 Å². The van der Waals surface area contributed by atoms with Gasteiger partial charge in [-0.3, -0.25) is 4.79 Å². The van der Waals surface area contributed by atoms with E-state index in [9.17, 15) is 35.4 Å². The maximum Gasteiger partial charge on any atom is 0.247 e. The minimum absolute atomic E-state index is 0.0168. The molecule has 1 aromatic carbocycles. The number of nitrogens with one attached hydrogen (secondary N) is 1. The van der Waals surface area contributed by atoms with Gasteiger partial charge in [0.1, 0.15) is 49.5 Å². The van der Waals surface area contributed by atoms with Gasteiger partial charge in [0.2, 0.25) is 12.2 Å². The van der Waals surface area contributed by atoms with Crippen molar-refractivity contribution < 1.29 is 54.4 Å². The van der Waals surface area contributed by atoms with Crippen LogP contribution < -0.4 is 10.1 Å². The Hall–Kier alpha value is -2.29. The van der Waals surface area contributed by atoms with Crippen molar-refractivity contribution in [1.29, 1.82) is 0 Å². The van der Waals surface area contributed by atoms with Crippen LogP contribution in [0.1, 0.15) is 12.5 Å². The third kappa shape index (κ3) is 4.69. The smallest absolute Gasteiger partial charge is 0.247 e. The summed E-state index contributed by atoms with van der Waals surface area (Å²) < 4.78 is 20.9. The number of aliphatic hydroxyl groups excluding tert-OH is 5. The predicted molar refractivity (Wildman–Crippen MR) is 109 cm³/mol. The third-order valence-electron chi connectivity index (χ3n) is 5.97. The van der Waals surface area contributed by atoms with Gasteiger partial charge in [-0.1, -0.05) is 6.07 Å². The van der Waals surface area contributed by atoms with Gasteiger partial charge in [0, 0.05) is 5.57 Å². The van der Waals surface area contributed by atoms with Crippen molar-refractivity contribution >= 4 is 12.0 Å². The van der Waals surface area contributed by atoms with Crippen molar-refractivity contribution in [3.05, 3.63) is 29.3 Å². The molecule has 0 spiro atoms. The Morgan fingerprint density at radius 1 is 1.03 bits per heavy atom. The monoisotopic (exact) mass is 469 g/mol. The number of fused-ring (bicyclic) bond motifs is 1. The van der Waals surface area contributed by atoms with Crippen LogP contribution >= 0.6 is 0 Å². The summed E-state index contributed by atoms with van der Waals surface area (Å²) in [5, 5.41) is 63.0. The van der Waals surface area contributed by atoms with E-state index in [-0.39, 0.29) is 30.5 Å². The molecule has 1 aliphatic carbocycles. The van der Waals surface area contributed by atoms with Crippen molar-refractivity contribution in [3.63, 3.8) is 0 Å². The molecule has 2 heterocycles. The van der Waals surface area contributed by atoms with E-state index in [0.717, 1.165) is 0 Å². The average molecular weight is 469 g/mol. The summed E-state index contributed by atoms with van der Waals surface area (Å²) in [5.74, 6) is -0.873. The van der Waals surface area contributed by atoms with E-state index in [2.05, 4.69) is 5.32 Å². The van der Waals surface area contributed by atoms with Gasteiger partial charge < -0.3 is 54.9 Å². The summed E-state index contributed by atoms with van der Waals surface area (Å²) in [4.78, 5) is 12.6. The van der Waals surface area contributed by atoms with Crippen LogP contribution in [0.25, 0.3) is 6.08 Å². The van der Waals surface area contributed by atoms with Gasteiger partial charge in [0.25, 0.3) is 0 Å². The molecule has 33 heavy (non-hydrogen) atoms. The van der Waals surface area contributed by atoms with Crippen LogP contribution in [-0.2, 0) is 19.0 Å². The average Bonchev–Trinajstić information content (AvgIpc) is 3.39. The first-order chi connectivity index (χ1) is 15.7. The fourth-order valence-corrected chi connectivity index (χ4v) is 4.06. The van der Waals surface area contributed by atoms with Crippen molar-refractivity contribution in [1.82, 2.24) is 5.32 Å². The van der Waals surface area contributed by atoms with Crippen molar-refractivity contribution in [3.8, 4) is 11.5 Å². The van der Waals surface area contributed by atoms with E-state index in [1.165, 1.54) is 25.1 Å². The maximum atomic E-state index is 12.6. The zero-order valence-corrected chi connectivity index (χ0v) is 17.6. The maximum absolute atomic E-state index is 12.6. The Morgan fingerprint density at radius 3 is 2.36 bits per heavy atom. The van der Waals surface area contributed by atoms with E-state index >= 15 is 0 Å². The van der Waals surface area contributed by atoms with Gasteiger partial charge in [-0.05, 0) is 30.7 Å². The molecule has 9 atom stereocenters. The van der Waals surface area contributed by atoms with E-state index in [1.54, 1.807) is 6.07 Å². The van der Waals surface area contributed by atoms with Crippen LogP contribution in [0.5, 0.6) is 11.5 Å². The van der Waals surface area contributed by atoms with Gasteiger partial charge in [-0.25, -0.2) is 0 Å². The number of phenolic OH excluding ortho intramolecular Hbond substituents is 1. The standard InChI is InChI=1S/C21H27NO11/c1-8(20(29)22-13-15(26)17(28)19-18(16(13)27)31-7-32-19)4-9-2-3-12(10(23)5-9)33-21-14(25)11(24)6-30-21/h2-5,11,13-19,21,23-28H,6-7H2,1H3,(H,22,29)/b8-4+/t11-,13?,14+,15+,16-,17-,18+,19-,21+/m1/s1. The Bertz CT molecular complexity index is 908. The molecule has 0 radical (unpaired) electrons. The highest BCUT2D eigenvalue weighted by atomic mass is 16.7. The summed E-state index contributed by atoms with van der Waals surface area (Å²) in [7, 11) is 0. The zero-order valence-electron chi connectivity index (χ0n) is 17.6. The predicted octanol–water partition coefficient (Wildman–Crippen LogP) is -2.42. The van der Waals surface area contributed by atoms with Crippen molar-refractivity contribution in [2.24, 2.45) is 0 Å². The summed E-state index contributed by atoms with van der Waals surface area (Å²) in [6.07, 6.45) is -7.88. The number of phenols is 1. The first kappa shape index (κ1) is 23.9. The molecule has 12 heteroatoms. The molecule has 0 aromatic heterocycles. The zero-order chi connectivity index (χ0) is 23.9. The van der Waals surface area contributed by atoms with Crippen LogP contribution in [0, 0.1) is 0 Å². The van der Waals surface area contributed by atoms with Gasteiger partial charge in [0.05, 0.1) is 12.6 Å². The second-order valence-corrected chi connectivity index (χ2v) is 8.28. The number of benzene rings is 1. The van der Waals surface area contributed by atoms with Gasteiger partial charge in [0.15, 0.2) is 11.5 Å². The van der Waals surface area contributed by atoms with Crippen LogP contribution in [0.4, 0.5) is 0 Å². The van der Waals surface area contributed by atoms with Gasteiger partial charge in [-0.15, -0.1) is 0 Å². The fraction of sp³-hybridized carbons (Fsp3) is 0.571. The van der Waals surface area contributed by atoms with Crippen LogP contribution in [-0.4, -0.2) is 105 Å². The number of hydrogen-bond acceptors (Lipinski definition) is 11. The number of amides is 1. The number of carbonyl (C=O) groups is 1. The largest absolute Gasteiger partial charge is 0.504 e. The molecule has 1 unspecified atom stereocenters. The summed E-state index contributed by atoms with van der Waals surface area (Å²) in [6, 6.07) is 3.10. The fourth-order valence-electron chi connectivity index (χ4n) is 4.06. The SMILES string of the molecule is C/C(=C\c1ccc(O[C@@H]2OC[C@@H](O)[C@@H]2O)c(O)c1)C(=O)NC1[C@@H](O)[C@@H]2OCO[C@@H]2[C@H](O)[C@H]1O. The molecular weight excluding hydrogens is 442 g/mol. The lowest BCUT2D eigenvalue weighted by Crippen LogP contribution is -2.67. The summed E-state index contributed by atoms with van der Waals surface area (Å²) in [5.41, 5.74) is 0.637. The Balaban J connectivity index is 1.41. The Morgan fingerprint density at radius 2 is 1.73 bits per heavy atom. The lowest BCUT2D eigenvalue weighted by molar-refractivity contribution is -0.155. The van der Waals surface area contributed by atoms with Crippen LogP contribution in [0.15, 0.2) is 23.8 Å². The first-order valence-corrected chi connectivity index (χ1v) is 10.4. The Kier molecular flexibility index (Phi) is 6.88. The molecule has 7 N–H and O–H groups in total. The third-order valence-corrected chi connectivity index (χ3v) is 5.97. The number of hydrogen-bond donors (Lipinski definition) is 7. The second kappa shape index (κ2) is 9.52. The highest BCUT2D eigenvalue weighted by Crippen LogP contribution is 2.32. The van der Waals surface area contributed by atoms with Crippen molar-refractivity contribution in [2.75, 3.05) is 13.4 Å². The molecule has 2 saturated heterocycles. The molecular formula is C21H27NO11. The second-order valence-electron chi connectivity index (χ2n) is 8.28. The lowest BCUT2D eigenvalue weighted by atomic mass is 9.83.